The zero-order valence-electron chi connectivity index (χ0n) is 12.9. The van der Waals surface area contributed by atoms with Crippen molar-refractivity contribution >= 4 is 5.97 Å². The second kappa shape index (κ2) is 6.56. The zero-order valence-corrected chi connectivity index (χ0v) is 12.9. The number of nitrogens with zero attached hydrogens (tertiary/aromatic N) is 1. The van der Waals surface area contributed by atoms with Crippen LogP contribution in [0.5, 0.6) is 0 Å². The van der Waals surface area contributed by atoms with Crippen LogP contribution in [0.4, 0.5) is 4.39 Å². The Morgan fingerprint density at radius 2 is 1.95 bits per heavy atom. The molecule has 1 aliphatic rings. The van der Waals surface area contributed by atoms with Gasteiger partial charge in [0.1, 0.15) is 5.82 Å². The summed E-state index contributed by atoms with van der Waals surface area (Å²) in [4.78, 5) is 13.4. The number of hydrogen-bond acceptors (Lipinski definition) is 2. The monoisotopic (exact) mass is 293 g/mol. The highest BCUT2D eigenvalue weighted by molar-refractivity contribution is 5.74. The number of aliphatic carboxylic acids is 1. The fourth-order valence-corrected chi connectivity index (χ4v) is 2.77. The second-order valence-corrected chi connectivity index (χ2v) is 6.63. The van der Waals surface area contributed by atoms with Crippen LogP contribution in [0.25, 0.3) is 0 Å². The van der Waals surface area contributed by atoms with E-state index in [1.807, 2.05) is 6.07 Å². The minimum Gasteiger partial charge on any atom is -0.481 e. The summed E-state index contributed by atoms with van der Waals surface area (Å²) in [6.45, 7) is 6.04. The highest BCUT2D eigenvalue weighted by Gasteiger charge is 2.27. The molecule has 0 aromatic heterocycles. The maximum absolute atomic E-state index is 14.2. The molecule has 1 aliphatic heterocycles. The molecule has 1 heterocycles. The molecule has 0 spiro atoms. The molecule has 0 atom stereocenters. The summed E-state index contributed by atoms with van der Waals surface area (Å²) < 4.78 is 14.2. The zero-order chi connectivity index (χ0) is 15.5. The minimum absolute atomic E-state index is 0.223. The van der Waals surface area contributed by atoms with E-state index in [1.165, 1.54) is 25.3 Å². The number of carbonyl (C=O) groups is 1. The van der Waals surface area contributed by atoms with Gasteiger partial charge in [-0.3, -0.25) is 9.69 Å². The summed E-state index contributed by atoms with van der Waals surface area (Å²) in [6.07, 6.45) is 3.98. The van der Waals surface area contributed by atoms with Gasteiger partial charge in [0.15, 0.2) is 0 Å². The summed E-state index contributed by atoms with van der Waals surface area (Å²) in [5.74, 6) is -1.08. The molecule has 1 aromatic carbocycles. The van der Waals surface area contributed by atoms with Crippen molar-refractivity contribution in [3.05, 3.63) is 35.1 Å². The van der Waals surface area contributed by atoms with Crippen molar-refractivity contribution in [2.24, 2.45) is 5.41 Å². The van der Waals surface area contributed by atoms with Gasteiger partial charge < -0.3 is 5.11 Å². The molecule has 1 N–H and O–H groups in total. The third-order valence-corrected chi connectivity index (χ3v) is 4.19. The van der Waals surface area contributed by atoms with Crippen LogP contribution in [-0.2, 0) is 17.8 Å². The number of carboxylic acid groups (broad SMARTS) is 1. The normalized spacial score (nSPS) is 16.9. The average Bonchev–Trinajstić information content (AvgIpc) is 2.42. The molecule has 1 fully saturated rings. The van der Waals surface area contributed by atoms with Gasteiger partial charge in [0.05, 0.1) is 5.41 Å². The Kier molecular flexibility index (Phi) is 4.99. The van der Waals surface area contributed by atoms with Gasteiger partial charge in [0.2, 0.25) is 0 Å². The molecule has 0 aliphatic carbocycles. The first kappa shape index (κ1) is 16.0. The molecular formula is C17H24FNO2. The van der Waals surface area contributed by atoms with Crippen molar-refractivity contribution in [3.8, 4) is 0 Å². The lowest BCUT2D eigenvalue weighted by Crippen LogP contribution is -2.29. The predicted octanol–water partition coefficient (Wildman–Crippen LogP) is 3.46. The van der Waals surface area contributed by atoms with Crippen molar-refractivity contribution in [2.45, 2.75) is 46.1 Å². The molecule has 0 radical (unpaired) electrons. The van der Waals surface area contributed by atoms with Crippen molar-refractivity contribution in [1.82, 2.24) is 4.90 Å². The Morgan fingerprint density at radius 1 is 1.29 bits per heavy atom. The Hall–Kier alpha value is -1.42. The molecule has 1 aromatic rings. The molecule has 0 bridgehead atoms. The summed E-state index contributed by atoms with van der Waals surface area (Å²) in [5.41, 5.74) is 0.567. The number of likely N-dealkylation sites (tertiary alicyclic amines) is 1. The Bertz CT molecular complexity index is 508. The minimum atomic E-state index is -0.874. The predicted molar refractivity (Wildman–Crippen MR) is 80.6 cm³/mol. The number of hydrogen-bond donors (Lipinski definition) is 1. The molecule has 0 unspecified atom stereocenters. The topological polar surface area (TPSA) is 40.5 Å². The fourth-order valence-electron chi connectivity index (χ4n) is 2.77. The van der Waals surface area contributed by atoms with Gasteiger partial charge in [-0.15, -0.1) is 0 Å². The maximum Gasteiger partial charge on any atom is 0.309 e. The van der Waals surface area contributed by atoms with E-state index in [4.69, 9.17) is 5.11 Å². The van der Waals surface area contributed by atoms with Gasteiger partial charge in [-0.1, -0.05) is 18.6 Å². The van der Waals surface area contributed by atoms with Gasteiger partial charge in [0.25, 0.3) is 0 Å². The van der Waals surface area contributed by atoms with Crippen LogP contribution in [0.1, 0.15) is 44.2 Å². The third kappa shape index (κ3) is 4.27. The molecule has 116 valence electrons. The van der Waals surface area contributed by atoms with Crippen LogP contribution < -0.4 is 0 Å². The lowest BCUT2D eigenvalue weighted by molar-refractivity contribution is -0.146. The molecule has 21 heavy (non-hydrogen) atoms. The van der Waals surface area contributed by atoms with Crippen LogP contribution >= 0.6 is 0 Å². The average molecular weight is 293 g/mol. The number of benzene rings is 1. The van der Waals surface area contributed by atoms with Gasteiger partial charge in [-0.05, 0) is 57.8 Å². The molecule has 3 nitrogen and oxygen atoms in total. The lowest BCUT2D eigenvalue weighted by atomic mass is 9.85. The van der Waals surface area contributed by atoms with Crippen LogP contribution in [0.2, 0.25) is 0 Å². The van der Waals surface area contributed by atoms with Gasteiger partial charge in [-0.2, -0.15) is 0 Å². The molecular weight excluding hydrogens is 269 g/mol. The summed E-state index contributed by atoms with van der Waals surface area (Å²) >= 11 is 0. The summed E-state index contributed by atoms with van der Waals surface area (Å²) in [5, 5.41) is 9.14. The van der Waals surface area contributed by atoms with Gasteiger partial charge >= 0.3 is 5.97 Å². The molecule has 0 amide bonds. The largest absolute Gasteiger partial charge is 0.481 e. The van der Waals surface area contributed by atoms with E-state index < -0.39 is 11.4 Å². The first-order chi connectivity index (χ1) is 9.88. The van der Waals surface area contributed by atoms with Crippen molar-refractivity contribution < 1.29 is 14.3 Å². The quantitative estimate of drug-likeness (QED) is 0.903. The van der Waals surface area contributed by atoms with Gasteiger partial charge in [-0.25, -0.2) is 4.39 Å². The van der Waals surface area contributed by atoms with Crippen molar-refractivity contribution in [2.75, 3.05) is 13.1 Å². The van der Waals surface area contributed by atoms with Gasteiger partial charge in [0, 0.05) is 12.1 Å². The standard InChI is InChI=1S/C17H24FNO2/c1-17(2,16(20)21)11-13-6-7-14(15(18)10-13)12-19-8-4-3-5-9-19/h6-7,10H,3-5,8-9,11-12H2,1-2H3,(H,20,21). The number of rotatable bonds is 5. The first-order valence-electron chi connectivity index (χ1n) is 7.61. The number of carboxylic acids is 1. The maximum atomic E-state index is 14.2. The van der Waals surface area contributed by atoms with E-state index in [-0.39, 0.29) is 5.82 Å². The van der Waals surface area contributed by atoms with Crippen LogP contribution in [0, 0.1) is 11.2 Å². The SMILES string of the molecule is CC(C)(Cc1ccc(CN2CCCCC2)c(F)c1)C(=O)O. The van der Waals surface area contributed by atoms with Crippen molar-refractivity contribution in [1.29, 1.82) is 0 Å². The smallest absolute Gasteiger partial charge is 0.309 e. The van der Waals surface area contributed by atoms with E-state index in [1.54, 1.807) is 19.9 Å². The summed E-state index contributed by atoms with van der Waals surface area (Å²) in [7, 11) is 0. The van der Waals surface area contributed by atoms with Crippen molar-refractivity contribution in [3.63, 3.8) is 0 Å². The highest BCUT2D eigenvalue weighted by atomic mass is 19.1. The van der Waals surface area contributed by atoms with Crippen LogP contribution in [0.3, 0.4) is 0 Å². The number of piperidine rings is 1. The Morgan fingerprint density at radius 3 is 2.52 bits per heavy atom. The van der Waals surface area contributed by atoms with Crippen LogP contribution in [-0.4, -0.2) is 29.1 Å². The van der Waals surface area contributed by atoms with E-state index in [2.05, 4.69) is 4.90 Å². The Labute approximate surface area is 125 Å². The third-order valence-electron chi connectivity index (χ3n) is 4.19. The summed E-state index contributed by atoms with van der Waals surface area (Å²) in [6, 6.07) is 5.15. The van der Waals surface area contributed by atoms with Crippen LogP contribution in [0.15, 0.2) is 18.2 Å². The lowest BCUT2D eigenvalue weighted by Gasteiger charge is -2.26. The second-order valence-electron chi connectivity index (χ2n) is 6.63. The number of halogens is 1. The van der Waals surface area contributed by atoms with E-state index in [0.29, 0.717) is 18.5 Å². The first-order valence-corrected chi connectivity index (χ1v) is 7.61. The molecule has 4 heteroatoms. The Balaban J connectivity index is 2.05. The van der Waals surface area contributed by atoms with E-state index in [9.17, 15) is 9.18 Å². The fraction of sp³-hybridized carbons (Fsp3) is 0.588. The molecule has 2 rings (SSSR count). The van der Waals surface area contributed by atoms with E-state index in [0.717, 1.165) is 18.7 Å². The molecule has 1 saturated heterocycles. The highest BCUT2D eigenvalue weighted by Crippen LogP contribution is 2.24. The van der Waals surface area contributed by atoms with E-state index >= 15 is 0 Å². The molecule has 0 saturated carbocycles.